The highest BCUT2D eigenvalue weighted by molar-refractivity contribution is 7.99. The smallest absolute Gasteiger partial charge is 0.219 e. The molecule has 24 heavy (non-hydrogen) atoms. The van der Waals surface area contributed by atoms with Crippen LogP contribution >= 0.6 is 11.8 Å². The largest absolute Gasteiger partial charge is 0.370 e. The van der Waals surface area contributed by atoms with E-state index in [2.05, 4.69) is 10.2 Å². The second-order valence-electron chi connectivity index (χ2n) is 6.44. The second-order valence-corrected chi connectivity index (χ2v) is 7.61. The number of benzene rings is 1. The lowest BCUT2D eigenvalue weighted by molar-refractivity contribution is -0.118. The maximum absolute atomic E-state index is 13.9. The predicted octanol–water partition coefficient (Wildman–Crippen LogP) is 2.95. The van der Waals surface area contributed by atoms with Crippen molar-refractivity contribution in [2.75, 3.05) is 0 Å². The minimum atomic E-state index is -0.324. The fourth-order valence-corrected chi connectivity index (χ4v) is 4.52. The number of nitrogens with zero attached hydrogens (tertiary/aromatic N) is 3. The third-order valence-electron chi connectivity index (χ3n) is 4.68. The lowest BCUT2D eigenvalue weighted by Gasteiger charge is -2.13. The summed E-state index contributed by atoms with van der Waals surface area (Å²) >= 11 is 1.62. The molecule has 0 radical (unpaired) electrons. The number of primary amides is 1. The number of amides is 1. The Morgan fingerprint density at radius 1 is 1.33 bits per heavy atom. The van der Waals surface area contributed by atoms with Gasteiger partial charge in [-0.1, -0.05) is 23.9 Å². The summed E-state index contributed by atoms with van der Waals surface area (Å²) in [4.78, 5) is 11.2. The lowest BCUT2D eigenvalue weighted by atomic mass is 10.1. The first-order valence-corrected chi connectivity index (χ1v) is 9.17. The summed E-state index contributed by atoms with van der Waals surface area (Å²) in [6.07, 6.45) is 4.17. The highest BCUT2D eigenvalue weighted by Gasteiger charge is 2.32. The fourth-order valence-electron chi connectivity index (χ4n) is 3.28. The number of thioether (sulfide) groups is 1. The molecule has 126 valence electrons. The van der Waals surface area contributed by atoms with E-state index in [1.54, 1.807) is 17.8 Å². The van der Waals surface area contributed by atoms with Gasteiger partial charge in [0.15, 0.2) is 5.16 Å². The highest BCUT2D eigenvalue weighted by atomic mass is 32.2. The molecule has 1 aromatic carbocycles. The molecule has 2 aliphatic rings. The molecule has 0 bridgehead atoms. The Kier molecular flexibility index (Phi) is 4.04. The van der Waals surface area contributed by atoms with Gasteiger partial charge in [-0.2, -0.15) is 0 Å². The predicted molar refractivity (Wildman–Crippen MR) is 89.1 cm³/mol. The van der Waals surface area contributed by atoms with Gasteiger partial charge in [0.05, 0.1) is 0 Å². The summed E-state index contributed by atoms with van der Waals surface area (Å²) in [5.74, 6) is 0.961. The van der Waals surface area contributed by atoms with Gasteiger partial charge >= 0.3 is 0 Å². The molecule has 2 aliphatic carbocycles. The van der Waals surface area contributed by atoms with E-state index in [4.69, 9.17) is 5.73 Å². The number of hydrogen-bond acceptors (Lipinski definition) is 4. The second kappa shape index (κ2) is 6.20. The van der Waals surface area contributed by atoms with Crippen molar-refractivity contribution < 1.29 is 9.18 Å². The van der Waals surface area contributed by atoms with Crippen molar-refractivity contribution >= 4 is 17.7 Å². The first-order chi connectivity index (χ1) is 11.6. The van der Waals surface area contributed by atoms with Gasteiger partial charge in [-0.05, 0) is 42.9 Å². The van der Waals surface area contributed by atoms with Crippen molar-refractivity contribution in [3.8, 4) is 0 Å². The van der Waals surface area contributed by atoms with Crippen molar-refractivity contribution in [1.29, 1.82) is 0 Å². The average molecular weight is 346 g/mol. The number of hydrogen-bond donors (Lipinski definition) is 1. The normalized spacial score (nSPS) is 19.5. The Hall–Kier alpha value is -1.89. The number of aromatic nitrogens is 3. The molecule has 2 N–H and O–H groups in total. The molecule has 1 heterocycles. The van der Waals surface area contributed by atoms with E-state index in [9.17, 15) is 9.18 Å². The van der Waals surface area contributed by atoms with Gasteiger partial charge in [-0.25, -0.2) is 4.39 Å². The Morgan fingerprint density at radius 3 is 2.92 bits per heavy atom. The fraction of sp³-hybridized carbons (Fsp3) is 0.471. The monoisotopic (exact) mass is 346 g/mol. The quantitative estimate of drug-likeness (QED) is 0.873. The van der Waals surface area contributed by atoms with E-state index >= 15 is 0 Å². The molecule has 1 saturated carbocycles. The number of halogens is 1. The summed E-state index contributed by atoms with van der Waals surface area (Å²) in [5, 5.41) is 9.67. The van der Waals surface area contributed by atoms with E-state index in [0.29, 0.717) is 12.5 Å². The first kappa shape index (κ1) is 15.6. The molecule has 1 amide bonds. The molecule has 1 aromatic heterocycles. The molecular formula is C17H19FN4OS. The molecular weight excluding hydrogens is 327 g/mol. The summed E-state index contributed by atoms with van der Waals surface area (Å²) in [5.41, 5.74) is 7.18. The van der Waals surface area contributed by atoms with Gasteiger partial charge in [0.1, 0.15) is 11.6 Å². The van der Waals surface area contributed by atoms with Gasteiger partial charge in [0.2, 0.25) is 5.91 Å². The standard InChI is InChI=1S/C17H19FN4OS/c18-13-3-1-2-12-11(13)6-7-14(12)24-17-21-20-16(10-4-5-10)22(17)9-8-15(19)23/h1-3,10,14H,4-9H2,(H2,19,23). The highest BCUT2D eigenvalue weighted by Crippen LogP contribution is 2.46. The lowest BCUT2D eigenvalue weighted by Crippen LogP contribution is -2.15. The first-order valence-electron chi connectivity index (χ1n) is 8.29. The molecule has 7 heteroatoms. The maximum atomic E-state index is 13.9. The SMILES string of the molecule is NC(=O)CCn1c(SC2CCc3c(F)cccc32)nnc1C1CC1. The minimum absolute atomic E-state index is 0.121. The van der Waals surface area contributed by atoms with Crippen LogP contribution in [0.25, 0.3) is 0 Å². The summed E-state index contributed by atoms with van der Waals surface area (Å²) in [6.45, 7) is 0.513. The third kappa shape index (κ3) is 2.92. The van der Waals surface area contributed by atoms with Crippen LogP contribution in [0.1, 0.15) is 53.8 Å². The zero-order valence-electron chi connectivity index (χ0n) is 13.2. The van der Waals surface area contributed by atoms with Crippen LogP contribution in [-0.4, -0.2) is 20.7 Å². The van der Waals surface area contributed by atoms with Crippen LogP contribution in [0.15, 0.2) is 23.4 Å². The van der Waals surface area contributed by atoms with Crippen LogP contribution in [0.2, 0.25) is 0 Å². The summed E-state index contributed by atoms with van der Waals surface area (Å²) in [7, 11) is 0. The van der Waals surface area contributed by atoms with Crippen molar-refractivity contribution in [2.45, 2.75) is 55.0 Å². The van der Waals surface area contributed by atoms with Crippen molar-refractivity contribution in [1.82, 2.24) is 14.8 Å². The number of fused-ring (bicyclic) bond motifs is 1. The van der Waals surface area contributed by atoms with Crippen LogP contribution in [0.3, 0.4) is 0 Å². The molecule has 5 nitrogen and oxygen atoms in total. The topological polar surface area (TPSA) is 73.8 Å². The number of carbonyl (C=O) groups excluding carboxylic acids is 1. The van der Waals surface area contributed by atoms with E-state index in [0.717, 1.165) is 47.8 Å². The Balaban J connectivity index is 1.59. The maximum Gasteiger partial charge on any atom is 0.219 e. The van der Waals surface area contributed by atoms with Crippen LogP contribution < -0.4 is 5.73 Å². The van der Waals surface area contributed by atoms with E-state index < -0.39 is 0 Å². The van der Waals surface area contributed by atoms with Crippen molar-refractivity contribution in [3.63, 3.8) is 0 Å². The number of carbonyl (C=O) groups is 1. The van der Waals surface area contributed by atoms with Gasteiger partial charge in [0.25, 0.3) is 0 Å². The number of rotatable bonds is 6. The Labute approximate surface area is 143 Å². The number of nitrogens with two attached hydrogens (primary N) is 1. The van der Waals surface area contributed by atoms with Gasteiger partial charge in [0, 0.05) is 24.1 Å². The zero-order chi connectivity index (χ0) is 16.7. The molecule has 2 aromatic rings. The molecule has 4 rings (SSSR count). The van der Waals surface area contributed by atoms with Crippen LogP contribution in [0.5, 0.6) is 0 Å². The molecule has 1 unspecified atom stereocenters. The molecule has 0 spiro atoms. The van der Waals surface area contributed by atoms with Crippen molar-refractivity contribution in [2.24, 2.45) is 5.73 Å². The summed E-state index contributed by atoms with van der Waals surface area (Å²) < 4.78 is 15.9. The van der Waals surface area contributed by atoms with E-state index in [1.165, 1.54) is 6.07 Å². The van der Waals surface area contributed by atoms with E-state index in [1.807, 2.05) is 10.6 Å². The van der Waals surface area contributed by atoms with Crippen LogP contribution in [0, 0.1) is 5.82 Å². The molecule has 1 fully saturated rings. The Morgan fingerprint density at radius 2 is 2.17 bits per heavy atom. The van der Waals surface area contributed by atoms with Crippen LogP contribution in [-0.2, 0) is 17.8 Å². The average Bonchev–Trinajstić information content (AvgIpc) is 3.20. The van der Waals surface area contributed by atoms with Crippen LogP contribution in [0.4, 0.5) is 4.39 Å². The zero-order valence-corrected chi connectivity index (χ0v) is 14.1. The molecule has 0 aliphatic heterocycles. The van der Waals surface area contributed by atoms with Gasteiger partial charge in [-0.3, -0.25) is 4.79 Å². The summed E-state index contributed by atoms with van der Waals surface area (Å²) in [6, 6.07) is 5.28. The third-order valence-corrected chi connectivity index (χ3v) is 5.96. The van der Waals surface area contributed by atoms with Crippen molar-refractivity contribution in [3.05, 3.63) is 41.0 Å². The van der Waals surface area contributed by atoms with E-state index in [-0.39, 0.29) is 23.4 Å². The van der Waals surface area contributed by atoms with Gasteiger partial charge < -0.3 is 10.3 Å². The Bertz CT molecular complexity index is 787. The van der Waals surface area contributed by atoms with Gasteiger partial charge in [-0.15, -0.1) is 10.2 Å². The molecule has 1 atom stereocenters. The minimum Gasteiger partial charge on any atom is -0.370 e. The molecule has 0 saturated heterocycles.